The minimum Gasteiger partial charge on any atom is -0.317 e. The Labute approximate surface area is 101 Å². The Morgan fingerprint density at radius 3 is 2.19 bits per heavy atom. The molecule has 0 heterocycles. The molecule has 2 rings (SSSR count). The van der Waals surface area contributed by atoms with Gasteiger partial charge in [0.1, 0.15) is 0 Å². The SMILES string of the molecule is CNC(CCC1CC1)CC1CCCCCC1. The van der Waals surface area contributed by atoms with Gasteiger partial charge in [0.05, 0.1) is 0 Å². The molecule has 16 heavy (non-hydrogen) atoms. The third-order valence-electron chi connectivity index (χ3n) is 4.62. The standard InChI is InChI=1S/C15H29N/c1-16-15(11-10-13-8-9-13)12-14-6-4-2-3-5-7-14/h13-16H,2-12H2,1H3. The van der Waals surface area contributed by atoms with E-state index in [9.17, 15) is 0 Å². The second-order valence-corrected chi connectivity index (χ2v) is 6.10. The van der Waals surface area contributed by atoms with E-state index >= 15 is 0 Å². The molecule has 2 aliphatic carbocycles. The molecule has 0 spiro atoms. The first-order valence-corrected chi connectivity index (χ1v) is 7.55. The van der Waals surface area contributed by atoms with Gasteiger partial charge in [-0.05, 0) is 38.1 Å². The van der Waals surface area contributed by atoms with Crippen LogP contribution in [0, 0.1) is 11.8 Å². The molecule has 0 aromatic carbocycles. The maximum absolute atomic E-state index is 3.55. The third-order valence-corrected chi connectivity index (χ3v) is 4.62. The van der Waals surface area contributed by atoms with E-state index in [-0.39, 0.29) is 0 Å². The lowest BCUT2D eigenvalue weighted by Gasteiger charge is -2.22. The van der Waals surface area contributed by atoms with Gasteiger partial charge in [-0.2, -0.15) is 0 Å². The van der Waals surface area contributed by atoms with Crippen LogP contribution in [0.5, 0.6) is 0 Å². The highest BCUT2D eigenvalue weighted by Gasteiger charge is 2.23. The van der Waals surface area contributed by atoms with Gasteiger partial charge in [0.2, 0.25) is 0 Å². The monoisotopic (exact) mass is 223 g/mol. The molecule has 1 nitrogen and oxygen atoms in total. The molecule has 1 heteroatoms. The lowest BCUT2D eigenvalue weighted by atomic mass is 9.90. The van der Waals surface area contributed by atoms with Gasteiger partial charge in [-0.1, -0.05) is 51.4 Å². The highest BCUT2D eigenvalue weighted by Crippen LogP contribution is 2.35. The van der Waals surface area contributed by atoms with E-state index in [4.69, 9.17) is 0 Å². The van der Waals surface area contributed by atoms with Gasteiger partial charge >= 0.3 is 0 Å². The highest BCUT2D eigenvalue weighted by atomic mass is 14.9. The molecule has 1 atom stereocenters. The molecule has 1 unspecified atom stereocenters. The summed E-state index contributed by atoms with van der Waals surface area (Å²) >= 11 is 0. The van der Waals surface area contributed by atoms with Crippen molar-refractivity contribution in [3.8, 4) is 0 Å². The Kier molecular flexibility index (Phi) is 5.15. The zero-order valence-corrected chi connectivity index (χ0v) is 11.0. The molecule has 0 bridgehead atoms. The van der Waals surface area contributed by atoms with Gasteiger partial charge in [-0.15, -0.1) is 0 Å². The first kappa shape index (κ1) is 12.4. The smallest absolute Gasteiger partial charge is 0.00668 e. The van der Waals surface area contributed by atoms with Crippen LogP contribution in [0.2, 0.25) is 0 Å². The Hall–Kier alpha value is -0.0400. The third kappa shape index (κ3) is 4.45. The summed E-state index contributed by atoms with van der Waals surface area (Å²) in [6, 6.07) is 0.809. The van der Waals surface area contributed by atoms with Crippen LogP contribution in [0.1, 0.15) is 70.6 Å². The van der Waals surface area contributed by atoms with Crippen molar-refractivity contribution < 1.29 is 0 Å². The predicted molar refractivity (Wildman–Crippen MR) is 70.6 cm³/mol. The average molecular weight is 223 g/mol. The Bertz CT molecular complexity index is 178. The first-order chi connectivity index (χ1) is 7.88. The molecule has 2 saturated carbocycles. The molecule has 1 N–H and O–H groups in total. The zero-order valence-electron chi connectivity index (χ0n) is 11.0. The molecule has 0 aliphatic heterocycles. The van der Waals surface area contributed by atoms with Crippen molar-refractivity contribution >= 4 is 0 Å². The number of hydrogen-bond donors (Lipinski definition) is 1. The van der Waals surface area contributed by atoms with Crippen LogP contribution in [0.15, 0.2) is 0 Å². The van der Waals surface area contributed by atoms with E-state index in [0.717, 1.165) is 17.9 Å². The van der Waals surface area contributed by atoms with Crippen molar-refractivity contribution in [1.29, 1.82) is 0 Å². The van der Waals surface area contributed by atoms with Gasteiger partial charge in [-0.3, -0.25) is 0 Å². The van der Waals surface area contributed by atoms with Crippen LogP contribution in [-0.4, -0.2) is 13.1 Å². The fourth-order valence-corrected chi connectivity index (χ4v) is 3.23. The van der Waals surface area contributed by atoms with Crippen molar-refractivity contribution in [3.63, 3.8) is 0 Å². The topological polar surface area (TPSA) is 12.0 Å². The quantitative estimate of drug-likeness (QED) is 0.668. The van der Waals surface area contributed by atoms with E-state index < -0.39 is 0 Å². The second kappa shape index (κ2) is 6.64. The van der Waals surface area contributed by atoms with Crippen LogP contribution in [0.4, 0.5) is 0 Å². The van der Waals surface area contributed by atoms with Crippen molar-refractivity contribution in [2.24, 2.45) is 11.8 Å². The maximum Gasteiger partial charge on any atom is 0.00668 e. The zero-order chi connectivity index (χ0) is 11.2. The number of nitrogens with one attached hydrogen (secondary N) is 1. The summed E-state index contributed by atoms with van der Waals surface area (Å²) in [6.45, 7) is 0. The van der Waals surface area contributed by atoms with Crippen LogP contribution in [0.25, 0.3) is 0 Å². The number of rotatable bonds is 6. The Balaban J connectivity index is 1.66. The van der Waals surface area contributed by atoms with Gasteiger partial charge in [0.15, 0.2) is 0 Å². The fourth-order valence-electron chi connectivity index (χ4n) is 3.23. The van der Waals surface area contributed by atoms with E-state index in [1.807, 2.05) is 0 Å². The molecule has 2 aliphatic rings. The molecule has 2 fully saturated rings. The molecular weight excluding hydrogens is 194 g/mol. The Morgan fingerprint density at radius 2 is 1.62 bits per heavy atom. The molecule has 0 aromatic rings. The molecule has 94 valence electrons. The van der Waals surface area contributed by atoms with Crippen molar-refractivity contribution in [3.05, 3.63) is 0 Å². The minimum absolute atomic E-state index is 0.809. The summed E-state index contributed by atoms with van der Waals surface area (Å²) in [5.74, 6) is 2.13. The highest BCUT2D eigenvalue weighted by molar-refractivity contribution is 4.78. The van der Waals surface area contributed by atoms with Crippen molar-refractivity contribution in [1.82, 2.24) is 5.32 Å². The van der Waals surface area contributed by atoms with E-state index in [0.29, 0.717) is 0 Å². The van der Waals surface area contributed by atoms with Gasteiger partial charge in [0, 0.05) is 6.04 Å². The van der Waals surface area contributed by atoms with Crippen molar-refractivity contribution in [2.75, 3.05) is 7.05 Å². The maximum atomic E-state index is 3.55. The summed E-state index contributed by atoms with van der Waals surface area (Å²) < 4.78 is 0. The summed E-state index contributed by atoms with van der Waals surface area (Å²) in [5.41, 5.74) is 0. The van der Waals surface area contributed by atoms with Gasteiger partial charge < -0.3 is 5.32 Å². The summed E-state index contributed by atoms with van der Waals surface area (Å²) in [4.78, 5) is 0. The minimum atomic E-state index is 0.809. The normalized spacial score (nSPS) is 25.3. The Morgan fingerprint density at radius 1 is 0.938 bits per heavy atom. The summed E-state index contributed by atoms with van der Waals surface area (Å²) in [6.07, 6.45) is 16.3. The second-order valence-electron chi connectivity index (χ2n) is 6.10. The van der Waals surface area contributed by atoms with Crippen LogP contribution in [0.3, 0.4) is 0 Å². The van der Waals surface area contributed by atoms with Gasteiger partial charge in [-0.25, -0.2) is 0 Å². The molecule has 0 aromatic heterocycles. The van der Waals surface area contributed by atoms with Crippen LogP contribution >= 0.6 is 0 Å². The predicted octanol–water partition coefficient (Wildman–Crippen LogP) is 4.13. The van der Waals surface area contributed by atoms with E-state index in [2.05, 4.69) is 12.4 Å². The fraction of sp³-hybridized carbons (Fsp3) is 1.00. The lowest BCUT2D eigenvalue weighted by molar-refractivity contribution is 0.343. The molecular formula is C15H29N. The lowest BCUT2D eigenvalue weighted by Crippen LogP contribution is -2.28. The van der Waals surface area contributed by atoms with Crippen LogP contribution < -0.4 is 5.32 Å². The molecule has 0 amide bonds. The van der Waals surface area contributed by atoms with Crippen LogP contribution in [-0.2, 0) is 0 Å². The molecule has 0 saturated heterocycles. The first-order valence-electron chi connectivity index (χ1n) is 7.55. The van der Waals surface area contributed by atoms with E-state index in [1.54, 1.807) is 0 Å². The summed E-state index contributed by atoms with van der Waals surface area (Å²) in [5, 5.41) is 3.55. The summed E-state index contributed by atoms with van der Waals surface area (Å²) in [7, 11) is 2.16. The van der Waals surface area contributed by atoms with Gasteiger partial charge in [0.25, 0.3) is 0 Å². The molecule has 0 radical (unpaired) electrons. The van der Waals surface area contributed by atoms with E-state index in [1.165, 1.54) is 70.6 Å². The average Bonchev–Trinajstić information content (AvgIpc) is 3.11. The van der Waals surface area contributed by atoms with Crippen molar-refractivity contribution in [2.45, 2.75) is 76.7 Å². The largest absolute Gasteiger partial charge is 0.317 e. The number of hydrogen-bond acceptors (Lipinski definition) is 1.